The van der Waals surface area contributed by atoms with E-state index in [1.807, 2.05) is 18.2 Å². The van der Waals surface area contributed by atoms with Gasteiger partial charge in [0.05, 0.1) is 6.61 Å². The van der Waals surface area contributed by atoms with E-state index in [1.165, 1.54) is 0 Å². The number of rotatable bonds is 7. The van der Waals surface area contributed by atoms with E-state index >= 15 is 0 Å². The Morgan fingerprint density at radius 1 is 1.29 bits per heavy atom. The van der Waals surface area contributed by atoms with E-state index in [0.29, 0.717) is 12.4 Å². The topological polar surface area (TPSA) is 61.5 Å². The fourth-order valence-electron chi connectivity index (χ4n) is 1.30. The Morgan fingerprint density at radius 3 is 2.65 bits per heavy atom. The van der Waals surface area contributed by atoms with Crippen molar-refractivity contribution in [3.05, 3.63) is 30.3 Å². The van der Waals surface area contributed by atoms with Crippen molar-refractivity contribution in [1.29, 1.82) is 0 Å². The van der Waals surface area contributed by atoms with Crippen molar-refractivity contribution in [2.75, 3.05) is 6.61 Å². The van der Waals surface area contributed by atoms with Crippen LogP contribution in [0.5, 0.6) is 5.75 Å². The molecule has 1 unspecified atom stereocenters. The first-order valence-corrected chi connectivity index (χ1v) is 5.88. The number of hydrogen-bond acceptors (Lipinski definition) is 4. The van der Waals surface area contributed by atoms with Crippen molar-refractivity contribution in [2.45, 2.75) is 32.4 Å². The Hall–Kier alpha value is -1.55. The quantitative estimate of drug-likeness (QED) is 0.448. The molecule has 1 rings (SSSR count). The van der Waals surface area contributed by atoms with E-state index in [0.717, 1.165) is 19.3 Å². The molecule has 1 aromatic rings. The molecule has 0 heterocycles. The number of esters is 1. The van der Waals surface area contributed by atoms with E-state index in [-0.39, 0.29) is 0 Å². The molecular weight excluding hydrogens is 218 g/mol. The zero-order chi connectivity index (χ0) is 12.5. The van der Waals surface area contributed by atoms with Crippen LogP contribution < -0.4 is 10.5 Å². The highest BCUT2D eigenvalue weighted by Gasteiger charge is 2.16. The average Bonchev–Trinajstić information content (AvgIpc) is 2.35. The molecule has 1 aromatic carbocycles. The molecule has 0 fully saturated rings. The summed E-state index contributed by atoms with van der Waals surface area (Å²) in [5, 5.41) is 0. The number of benzene rings is 1. The molecule has 94 valence electrons. The second-order valence-electron chi connectivity index (χ2n) is 3.73. The van der Waals surface area contributed by atoms with Gasteiger partial charge in [0.25, 0.3) is 0 Å². The van der Waals surface area contributed by atoms with Crippen LogP contribution in [0.2, 0.25) is 0 Å². The second-order valence-corrected chi connectivity index (χ2v) is 3.73. The van der Waals surface area contributed by atoms with Crippen LogP contribution in [0, 0.1) is 0 Å². The van der Waals surface area contributed by atoms with Gasteiger partial charge >= 0.3 is 5.97 Å². The van der Waals surface area contributed by atoms with Crippen LogP contribution in [0.25, 0.3) is 0 Å². The maximum atomic E-state index is 11.4. The summed E-state index contributed by atoms with van der Waals surface area (Å²) in [6.45, 7) is 2.49. The monoisotopic (exact) mass is 237 g/mol. The Labute approximate surface area is 102 Å². The Morgan fingerprint density at radius 2 is 2.00 bits per heavy atom. The third kappa shape index (κ3) is 5.36. The molecule has 0 aliphatic heterocycles. The minimum absolute atomic E-state index is 0.401. The van der Waals surface area contributed by atoms with Crippen LogP contribution >= 0.6 is 0 Å². The standard InChI is InChI=1S/C13H19NO3/c1-2-3-7-10-16-13(15)12(14)17-11-8-5-4-6-9-11/h4-6,8-9,12H,2-3,7,10,14H2,1H3. The summed E-state index contributed by atoms with van der Waals surface area (Å²) in [6.07, 6.45) is 1.94. The number of carbonyl (C=O) groups excluding carboxylic acids is 1. The summed E-state index contributed by atoms with van der Waals surface area (Å²) in [5.41, 5.74) is 5.57. The SMILES string of the molecule is CCCCCOC(=O)C(N)Oc1ccccc1. The molecule has 0 aliphatic carbocycles. The molecule has 0 aliphatic rings. The number of para-hydroxylation sites is 1. The van der Waals surface area contributed by atoms with Crippen molar-refractivity contribution < 1.29 is 14.3 Å². The van der Waals surface area contributed by atoms with E-state index in [4.69, 9.17) is 15.2 Å². The van der Waals surface area contributed by atoms with Crippen LogP contribution in [0.3, 0.4) is 0 Å². The Bertz CT molecular complexity index is 327. The predicted octanol–water partition coefficient (Wildman–Crippen LogP) is 2.08. The number of unbranched alkanes of at least 4 members (excludes halogenated alkanes) is 2. The smallest absolute Gasteiger partial charge is 0.362 e. The van der Waals surface area contributed by atoms with Crippen LogP contribution in [0.15, 0.2) is 30.3 Å². The number of nitrogens with two attached hydrogens (primary N) is 1. The lowest BCUT2D eigenvalue weighted by Gasteiger charge is -2.13. The molecule has 4 nitrogen and oxygen atoms in total. The predicted molar refractivity (Wildman–Crippen MR) is 65.5 cm³/mol. The molecule has 0 aromatic heterocycles. The fourth-order valence-corrected chi connectivity index (χ4v) is 1.30. The molecule has 0 radical (unpaired) electrons. The van der Waals surface area contributed by atoms with Crippen LogP contribution in [-0.2, 0) is 9.53 Å². The summed E-state index contributed by atoms with van der Waals surface area (Å²) in [7, 11) is 0. The van der Waals surface area contributed by atoms with Gasteiger partial charge in [-0.15, -0.1) is 0 Å². The van der Waals surface area contributed by atoms with Gasteiger partial charge < -0.3 is 9.47 Å². The van der Waals surface area contributed by atoms with Gasteiger partial charge in [0.15, 0.2) is 0 Å². The van der Waals surface area contributed by atoms with Gasteiger partial charge in [-0.25, -0.2) is 4.79 Å². The number of carbonyl (C=O) groups is 1. The zero-order valence-corrected chi connectivity index (χ0v) is 10.1. The first kappa shape index (κ1) is 13.5. The molecular formula is C13H19NO3. The Kier molecular flexibility index (Phi) is 6.10. The molecule has 0 bridgehead atoms. The third-order valence-electron chi connectivity index (χ3n) is 2.23. The van der Waals surface area contributed by atoms with E-state index in [1.54, 1.807) is 12.1 Å². The molecule has 0 spiro atoms. The van der Waals surface area contributed by atoms with Crippen LogP contribution in [0.1, 0.15) is 26.2 Å². The van der Waals surface area contributed by atoms with Gasteiger partial charge in [0.2, 0.25) is 6.23 Å². The number of hydrogen-bond donors (Lipinski definition) is 1. The highest BCUT2D eigenvalue weighted by molar-refractivity contribution is 5.74. The van der Waals surface area contributed by atoms with E-state index in [2.05, 4.69) is 6.92 Å². The van der Waals surface area contributed by atoms with Crippen molar-refractivity contribution in [1.82, 2.24) is 0 Å². The normalized spacial score (nSPS) is 11.9. The summed E-state index contributed by atoms with van der Waals surface area (Å²) in [5.74, 6) is 0.0375. The largest absolute Gasteiger partial charge is 0.464 e. The van der Waals surface area contributed by atoms with Gasteiger partial charge in [-0.3, -0.25) is 5.73 Å². The van der Waals surface area contributed by atoms with Crippen molar-refractivity contribution in [2.24, 2.45) is 5.73 Å². The molecule has 1 atom stereocenters. The molecule has 17 heavy (non-hydrogen) atoms. The first-order chi connectivity index (χ1) is 8.24. The summed E-state index contributed by atoms with van der Waals surface area (Å²) in [4.78, 5) is 11.4. The highest BCUT2D eigenvalue weighted by atomic mass is 16.6. The maximum absolute atomic E-state index is 11.4. The lowest BCUT2D eigenvalue weighted by atomic mass is 10.3. The van der Waals surface area contributed by atoms with Crippen molar-refractivity contribution in [3.63, 3.8) is 0 Å². The average molecular weight is 237 g/mol. The summed E-state index contributed by atoms with van der Waals surface area (Å²) in [6, 6.07) is 8.97. The van der Waals surface area contributed by atoms with Gasteiger partial charge in [0, 0.05) is 0 Å². The van der Waals surface area contributed by atoms with Crippen molar-refractivity contribution in [3.8, 4) is 5.75 Å². The summed E-state index contributed by atoms with van der Waals surface area (Å²) >= 11 is 0. The molecule has 0 saturated heterocycles. The summed E-state index contributed by atoms with van der Waals surface area (Å²) < 4.78 is 10.2. The molecule has 0 amide bonds. The molecule has 4 heteroatoms. The fraction of sp³-hybridized carbons (Fsp3) is 0.462. The van der Waals surface area contributed by atoms with Crippen LogP contribution in [0.4, 0.5) is 0 Å². The van der Waals surface area contributed by atoms with Gasteiger partial charge in [0.1, 0.15) is 5.75 Å². The number of ether oxygens (including phenoxy) is 2. The molecule has 0 saturated carbocycles. The molecule has 2 N–H and O–H groups in total. The maximum Gasteiger partial charge on any atom is 0.362 e. The van der Waals surface area contributed by atoms with Crippen molar-refractivity contribution >= 4 is 5.97 Å². The lowest BCUT2D eigenvalue weighted by molar-refractivity contribution is -0.151. The van der Waals surface area contributed by atoms with Gasteiger partial charge in [-0.1, -0.05) is 38.0 Å². The zero-order valence-electron chi connectivity index (χ0n) is 10.1. The van der Waals surface area contributed by atoms with Crippen LogP contribution in [-0.4, -0.2) is 18.8 Å². The minimum Gasteiger partial charge on any atom is -0.464 e. The lowest BCUT2D eigenvalue weighted by Crippen LogP contribution is -2.37. The third-order valence-corrected chi connectivity index (χ3v) is 2.23. The first-order valence-electron chi connectivity index (χ1n) is 5.88. The van der Waals surface area contributed by atoms with Gasteiger partial charge in [-0.2, -0.15) is 0 Å². The van der Waals surface area contributed by atoms with Gasteiger partial charge in [-0.05, 0) is 18.6 Å². The van der Waals surface area contributed by atoms with E-state index in [9.17, 15) is 4.79 Å². The highest BCUT2D eigenvalue weighted by Crippen LogP contribution is 2.09. The second kappa shape index (κ2) is 7.68. The minimum atomic E-state index is -1.06. The Balaban J connectivity index is 2.27. The van der Waals surface area contributed by atoms with E-state index < -0.39 is 12.2 Å².